The van der Waals surface area contributed by atoms with Crippen molar-refractivity contribution in [2.75, 3.05) is 0 Å². The van der Waals surface area contributed by atoms with Gasteiger partial charge in [0.2, 0.25) is 0 Å². The van der Waals surface area contributed by atoms with Crippen LogP contribution >= 0.6 is 0 Å². The summed E-state index contributed by atoms with van der Waals surface area (Å²) >= 11 is 0. The summed E-state index contributed by atoms with van der Waals surface area (Å²) in [5.74, 6) is 0. The van der Waals surface area contributed by atoms with Crippen LogP contribution < -0.4 is 10.5 Å². The second-order valence-corrected chi connectivity index (χ2v) is 7.42. The average molecular weight is 283 g/mol. The standard InChI is InChI=1S/C13H21N3O2S/c1-13(2)7-3-4-11(13)16-19(17,18)12-6-5-10(8-14)9-15-12/h5-6,9,11,16H,3-4,7-8,14H2,1-2H3. The first kappa shape index (κ1) is 14.4. The maximum atomic E-state index is 12.3. The molecule has 1 aliphatic carbocycles. The number of pyridine rings is 1. The predicted octanol–water partition coefficient (Wildman–Crippen LogP) is 1.40. The molecule has 3 N–H and O–H groups in total. The molecule has 2 rings (SSSR count). The quantitative estimate of drug-likeness (QED) is 0.874. The molecule has 1 saturated carbocycles. The van der Waals surface area contributed by atoms with Gasteiger partial charge in [0.15, 0.2) is 5.03 Å². The van der Waals surface area contributed by atoms with Crippen molar-refractivity contribution >= 4 is 10.0 Å². The third-order valence-corrected chi connectivity index (χ3v) is 5.25. The van der Waals surface area contributed by atoms with Gasteiger partial charge in [-0.2, -0.15) is 0 Å². The summed E-state index contributed by atoms with van der Waals surface area (Å²) in [7, 11) is -3.54. The highest BCUT2D eigenvalue weighted by Crippen LogP contribution is 2.37. The topological polar surface area (TPSA) is 85.1 Å². The molecular formula is C13H21N3O2S. The van der Waals surface area contributed by atoms with Gasteiger partial charge in [0, 0.05) is 18.8 Å². The van der Waals surface area contributed by atoms with Crippen LogP contribution in [0.4, 0.5) is 0 Å². The van der Waals surface area contributed by atoms with E-state index in [-0.39, 0.29) is 16.5 Å². The summed E-state index contributed by atoms with van der Waals surface area (Å²) in [5.41, 5.74) is 6.30. The fourth-order valence-corrected chi connectivity index (χ4v) is 3.85. The maximum absolute atomic E-state index is 12.3. The molecule has 106 valence electrons. The van der Waals surface area contributed by atoms with Crippen molar-refractivity contribution in [2.45, 2.75) is 50.7 Å². The summed E-state index contributed by atoms with van der Waals surface area (Å²) in [5, 5.41) is 0.0624. The Morgan fingerprint density at radius 3 is 2.68 bits per heavy atom. The van der Waals surface area contributed by atoms with Crippen molar-refractivity contribution < 1.29 is 8.42 Å². The zero-order valence-corrected chi connectivity index (χ0v) is 12.2. The highest BCUT2D eigenvalue weighted by molar-refractivity contribution is 7.89. The minimum absolute atomic E-state index is 0.00424. The van der Waals surface area contributed by atoms with Gasteiger partial charge in [-0.3, -0.25) is 0 Å². The van der Waals surface area contributed by atoms with Crippen LogP contribution in [0, 0.1) is 5.41 Å². The zero-order valence-electron chi connectivity index (χ0n) is 11.4. The molecule has 0 amide bonds. The van der Waals surface area contributed by atoms with E-state index in [0.717, 1.165) is 24.8 Å². The zero-order chi connectivity index (χ0) is 14.1. The van der Waals surface area contributed by atoms with Crippen molar-refractivity contribution in [2.24, 2.45) is 11.1 Å². The van der Waals surface area contributed by atoms with Gasteiger partial charge < -0.3 is 5.73 Å². The van der Waals surface area contributed by atoms with E-state index in [1.165, 1.54) is 12.3 Å². The molecule has 6 heteroatoms. The Labute approximate surface area is 114 Å². The number of nitrogens with two attached hydrogens (primary N) is 1. The molecule has 0 spiro atoms. The molecule has 19 heavy (non-hydrogen) atoms. The molecule has 0 radical (unpaired) electrons. The van der Waals surface area contributed by atoms with Gasteiger partial charge in [0.1, 0.15) is 0 Å². The highest BCUT2D eigenvalue weighted by atomic mass is 32.2. The normalized spacial score (nSPS) is 22.6. The minimum Gasteiger partial charge on any atom is -0.326 e. The molecule has 5 nitrogen and oxygen atoms in total. The largest absolute Gasteiger partial charge is 0.326 e. The Hall–Kier alpha value is -0.980. The van der Waals surface area contributed by atoms with Crippen LogP contribution in [-0.4, -0.2) is 19.4 Å². The lowest BCUT2D eigenvalue weighted by molar-refractivity contribution is 0.312. The maximum Gasteiger partial charge on any atom is 0.258 e. The predicted molar refractivity (Wildman–Crippen MR) is 73.9 cm³/mol. The minimum atomic E-state index is -3.54. The van der Waals surface area contributed by atoms with Crippen LogP contribution in [0.25, 0.3) is 0 Å². The van der Waals surface area contributed by atoms with E-state index >= 15 is 0 Å². The fraction of sp³-hybridized carbons (Fsp3) is 0.615. The molecule has 1 aromatic heterocycles. The van der Waals surface area contributed by atoms with E-state index in [1.54, 1.807) is 6.07 Å². The molecule has 1 unspecified atom stereocenters. The first-order valence-corrected chi connectivity index (χ1v) is 8.01. The lowest BCUT2D eigenvalue weighted by Crippen LogP contribution is -2.41. The monoisotopic (exact) mass is 283 g/mol. The first-order valence-electron chi connectivity index (χ1n) is 6.52. The summed E-state index contributed by atoms with van der Waals surface area (Å²) in [6, 6.07) is 3.18. The van der Waals surface area contributed by atoms with E-state index < -0.39 is 10.0 Å². The third-order valence-electron chi connectivity index (χ3n) is 3.86. The van der Waals surface area contributed by atoms with Gasteiger partial charge in [-0.05, 0) is 29.9 Å². The van der Waals surface area contributed by atoms with Gasteiger partial charge >= 0.3 is 0 Å². The van der Waals surface area contributed by atoms with Crippen molar-refractivity contribution in [3.8, 4) is 0 Å². The molecular weight excluding hydrogens is 262 g/mol. The molecule has 1 aromatic rings. The van der Waals surface area contributed by atoms with Crippen molar-refractivity contribution in [3.63, 3.8) is 0 Å². The second-order valence-electron chi connectivity index (χ2n) is 5.76. The number of aromatic nitrogens is 1. The van der Waals surface area contributed by atoms with Crippen LogP contribution in [0.1, 0.15) is 38.7 Å². The van der Waals surface area contributed by atoms with Gasteiger partial charge in [-0.1, -0.05) is 26.3 Å². The van der Waals surface area contributed by atoms with Crippen LogP contribution in [0.3, 0.4) is 0 Å². The Morgan fingerprint density at radius 1 is 1.47 bits per heavy atom. The van der Waals surface area contributed by atoms with Gasteiger partial charge in [-0.25, -0.2) is 18.1 Å². The summed E-state index contributed by atoms with van der Waals surface area (Å²) < 4.78 is 27.3. The molecule has 1 aliphatic rings. The molecule has 1 fully saturated rings. The molecule has 0 bridgehead atoms. The van der Waals surface area contributed by atoms with E-state index in [0.29, 0.717) is 6.54 Å². The molecule has 0 saturated heterocycles. The fourth-order valence-electron chi connectivity index (χ4n) is 2.48. The number of hydrogen-bond acceptors (Lipinski definition) is 4. The summed E-state index contributed by atoms with van der Waals surface area (Å²) in [6.07, 6.45) is 4.49. The lowest BCUT2D eigenvalue weighted by atomic mass is 9.88. The van der Waals surface area contributed by atoms with Crippen molar-refractivity contribution in [1.29, 1.82) is 0 Å². The number of sulfonamides is 1. The number of nitrogens with zero attached hydrogens (tertiary/aromatic N) is 1. The van der Waals surface area contributed by atoms with Gasteiger partial charge in [-0.15, -0.1) is 0 Å². The SMILES string of the molecule is CC1(C)CCCC1NS(=O)(=O)c1ccc(CN)cn1. The molecule has 0 aliphatic heterocycles. The van der Waals surface area contributed by atoms with Crippen molar-refractivity contribution in [1.82, 2.24) is 9.71 Å². The Balaban J connectivity index is 2.18. The summed E-state index contributed by atoms with van der Waals surface area (Å²) in [4.78, 5) is 3.98. The lowest BCUT2D eigenvalue weighted by Gasteiger charge is -2.27. The van der Waals surface area contributed by atoms with Crippen LogP contribution in [0.2, 0.25) is 0 Å². The highest BCUT2D eigenvalue weighted by Gasteiger charge is 2.37. The van der Waals surface area contributed by atoms with Crippen LogP contribution in [-0.2, 0) is 16.6 Å². The van der Waals surface area contributed by atoms with E-state index in [1.807, 2.05) is 0 Å². The number of hydrogen-bond donors (Lipinski definition) is 2. The average Bonchev–Trinajstić information content (AvgIpc) is 2.68. The van der Waals surface area contributed by atoms with E-state index in [2.05, 4.69) is 23.6 Å². The second kappa shape index (κ2) is 5.19. The molecule has 1 atom stereocenters. The smallest absolute Gasteiger partial charge is 0.258 e. The molecule has 1 heterocycles. The Bertz CT molecular complexity index is 538. The van der Waals surface area contributed by atoms with Crippen molar-refractivity contribution in [3.05, 3.63) is 23.9 Å². The number of rotatable bonds is 4. The number of nitrogens with one attached hydrogen (secondary N) is 1. The summed E-state index contributed by atoms with van der Waals surface area (Å²) in [6.45, 7) is 4.55. The van der Waals surface area contributed by atoms with E-state index in [4.69, 9.17) is 5.73 Å². The van der Waals surface area contributed by atoms with E-state index in [9.17, 15) is 8.42 Å². The van der Waals surface area contributed by atoms with Gasteiger partial charge in [0.25, 0.3) is 10.0 Å². The van der Waals surface area contributed by atoms with Crippen LogP contribution in [0.15, 0.2) is 23.4 Å². The van der Waals surface area contributed by atoms with Gasteiger partial charge in [0.05, 0.1) is 0 Å². The third kappa shape index (κ3) is 3.13. The Morgan fingerprint density at radius 2 is 2.21 bits per heavy atom. The van der Waals surface area contributed by atoms with Crippen LogP contribution in [0.5, 0.6) is 0 Å². The first-order chi connectivity index (χ1) is 8.85. The Kier molecular flexibility index (Phi) is 3.94. The molecule has 0 aromatic carbocycles.